The fourth-order valence-corrected chi connectivity index (χ4v) is 9.59. The Morgan fingerprint density at radius 2 is 1.07 bits per heavy atom. The van der Waals surface area contributed by atoms with E-state index in [0.717, 1.165) is 0 Å². The number of aliphatic carboxylic acids is 1. The lowest BCUT2D eigenvalue weighted by molar-refractivity contribution is -0.148. The van der Waals surface area contributed by atoms with Gasteiger partial charge in [-0.3, -0.25) is 52.9 Å². The van der Waals surface area contributed by atoms with Crippen molar-refractivity contribution in [2.75, 3.05) is 50.8 Å². The van der Waals surface area contributed by atoms with Gasteiger partial charge >= 0.3 is 5.97 Å². The maximum absolute atomic E-state index is 14.5. The molecule has 3 aliphatic heterocycles. The maximum Gasteiger partial charge on any atom is 0.327 e. The maximum atomic E-state index is 14.5. The highest BCUT2D eigenvalue weighted by atomic mass is 32.1. The number of carboxylic acid groups (broad SMARTS) is 1. The fraction of sp³-hybridized carbons (Fsp3) is 0.733. The molecule has 0 spiro atoms. The molecular formula is C45H77N15O12S2. The molecule has 0 aromatic carbocycles. The van der Waals surface area contributed by atoms with Gasteiger partial charge in [0.05, 0.1) is 13.0 Å². The van der Waals surface area contributed by atoms with Crippen molar-refractivity contribution in [3.63, 3.8) is 0 Å². The quantitative estimate of drug-likeness (QED) is 0.0138. The third kappa shape index (κ3) is 18.8. The van der Waals surface area contributed by atoms with Crippen molar-refractivity contribution < 1.29 is 57.8 Å². The number of carbonyl (C=O) groups is 11. The SMILES string of the molecule is CC(C)C[C@H](NC(=O)[C@H](CCCN=C(N)N)NC(=O)[C@H](CCCCN)NC(=O)CN)C(=O)N1CCC[C@H]1C(=O)N[C@@H](CS)C(=O)N1CCC[C@H]1C(=O)N1CCC[C@H]1C(=O)N[C@@H](CC(N)=O)C(=O)N[C@@H](CS)C(=O)O. The molecule has 0 bridgehead atoms. The second kappa shape index (κ2) is 31.1. The summed E-state index contributed by atoms with van der Waals surface area (Å²) < 4.78 is 0. The molecule has 416 valence electrons. The van der Waals surface area contributed by atoms with Gasteiger partial charge in [-0.15, -0.1) is 0 Å². The number of likely N-dealkylation sites (tertiary alicyclic amines) is 3. The second-order valence-corrected chi connectivity index (χ2v) is 19.7. The molecule has 0 unspecified atom stereocenters. The first-order valence-electron chi connectivity index (χ1n) is 25.0. The monoisotopic (exact) mass is 1080 g/mol. The lowest BCUT2D eigenvalue weighted by atomic mass is 10.0. The predicted octanol–water partition coefficient (Wildman–Crippen LogP) is -5.12. The molecule has 3 heterocycles. The van der Waals surface area contributed by atoms with Crippen LogP contribution in [0.2, 0.25) is 0 Å². The van der Waals surface area contributed by atoms with Gasteiger partial charge in [0.1, 0.15) is 54.4 Å². The Morgan fingerprint density at radius 3 is 1.59 bits per heavy atom. The van der Waals surface area contributed by atoms with Crippen molar-refractivity contribution in [1.82, 2.24) is 46.6 Å². The van der Waals surface area contributed by atoms with Crippen LogP contribution in [0, 0.1) is 5.92 Å². The minimum absolute atomic E-state index is 0.0383. The van der Waals surface area contributed by atoms with Crippen LogP contribution in [-0.2, 0) is 52.7 Å². The number of unbranched alkanes of at least 4 members (excludes halogenated alkanes) is 1. The van der Waals surface area contributed by atoms with E-state index in [9.17, 15) is 57.8 Å². The van der Waals surface area contributed by atoms with Crippen LogP contribution in [-0.4, -0.2) is 196 Å². The first-order chi connectivity index (χ1) is 35.1. The number of hydrogen-bond acceptors (Lipinski definition) is 16. The van der Waals surface area contributed by atoms with E-state index in [2.05, 4.69) is 62.2 Å². The predicted molar refractivity (Wildman–Crippen MR) is 276 cm³/mol. The van der Waals surface area contributed by atoms with E-state index in [1.165, 1.54) is 14.7 Å². The fourth-order valence-electron chi connectivity index (χ4n) is 9.10. The molecule has 3 fully saturated rings. The topological polar surface area (TPSA) is 432 Å². The Morgan fingerprint density at radius 1 is 0.595 bits per heavy atom. The number of nitrogens with two attached hydrogens (primary N) is 5. The van der Waals surface area contributed by atoms with E-state index in [4.69, 9.17) is 28.7 Å². The summed E-state index contributed by atoms with van der Waals surface area (Å²) in [4.78, 5) is 155. The minimum atomic E-state index is -1.56. The molecule has 0 aromatic rings. The van der Waals surface area contributed by atoms with E-state index < -0.39 is 126 Å². The molecule has 9 atom stereocenters. The molecule has 3 aliphatic rings. The molecule has 10 amide bonds. The number of thiol groups is 2. The zero-order valence-electron chi connectivity index (χ0n) is 42.1. The summed E-state index contributed by atoms with van der Waals surface area (Å²) in [7, 11) is 0. The second-order valence-electron chi connectivity index (χ2n) is 18.9. The highest BCUT2D eigenvalue weighted by Crippen LogP contribution is 2.27. The Kier molecular flexibility index (Phi) is 26.2. The first kappa shape index (κ1) is 62.4. The number of carbonyl (C=O) groups excluding carboxylic acids is 10. The van der Waals surface area contributed by atoms with Gasteiger partial charge in [-0.1, -0.05) is 13.8 Å². The summed E-state index contributed by atoms with van der Waals surface area (Å²) in [5.74, 6) is -9.31. The minimum Gasteiger partial charge on any atom is -0.480 e. The number of nitrogens with one attached hydrogen (secondary N) is 6. The van der Waals surface area contributed by atoms with Crippen molar-refractivity contribution in [1.29, 1.82) is 0 Å². The Hall–Kier alpha value is -5.94. The van der Waals surface area contributed by atoms with Crippen LogP contribution in [0.4, 0.5) is 0 Å². The third-order valence-corrected chi connectivity index (χ3v) is 13.5. The van der Waals surface area contributed by atoms with Gasteiger partial charge in [0, 0.05) is 37.7 Å². The summed E-state index contributed by atoms with van der Waals surface area (Å²) in [6.45, 7) is 4.18. The first-order valence-corrected chi connectivity index (χ1v) is 26.3. The van der Waals surface area contributed by atoms with Gasteiger partial charge in [-0.05, 0) is 89.5 Å². The molecule has 0 aromatic heterocycles. The van der Waals surface area contributed by atoms with Crippen LogP contribution in [0.5, 0.6) is 0 Å². The molecule has 0 aliphatic carbocycles. The van der Waals surface area contributed by atoms with E-state index >= 15 is 0 Å². The van der Waals surface area contributed by atoms with E-state index in [1.54, 1.807) is 0 Å². The van der Waals surface area contributed by atoms with Crippen molar-refractivity contribution in [3.05, 3.63) is 0 Å². The molecule has 17 N–H and O–H groups in total. The van der Waals surface area contributed by atoms with Crippen LogP contribution in [0.15, 0.2) is 4.99 Å². The standard InChI is InChI=1S/C45H77N15O12S2/c1-24(2)19-28(55-37(64)26(10-5-15-51-45(49)50)53-36(63)25(9-3-4-14-46)52-35(62)21-47)41(68)58-16-6-11-31(58)40(67)56-29(22-73)42(69)60-18-8-13-33(60)43(70)59-17-7-12-32(59)39(66)54-27(20-34(48)61)38(65)57-30(23-74)44(71)72/h24-33,73-74H,3-23,46-47H2,1-2H3,(H2,48,61)(H,52,62)(H,53,63)(H,54,66)(H,55,64)(H,56,67)(H,57,65)(H,71,72)(H4,49,50,51)/t25-,26-,27-,28-,29-,30-,31-,32-,33-/m0/s1. The number of amides is 10. The van der Waals surface area contributed by atoms with Crippen molar-refractivity contribution in [3.8, 4) is 0 Å². The summed E-state index contributed by atoms with van der Waals surface area (Å²) in [6, 6.07) is -10.9. The number of carboxylic acids is 1. The number of primary amides is 1. The zero-order valence-corrected chi connectivity index (χ0v) is 43.9. The number of guanidine groups is 1. The molecule has 27 nitrogen and oxygen atoms in total. The van der Waals surface area contributed by atoms with Crippen LogP contribution < -0.4 is 60.6 Å². The number of aliphatic imine (C=N–C) groups is 1. The van der Waals surface area contributed by atoms with Crippen LogP contribution in [0.25, 0.3) is 0 Å². The third-order valence-electron chi connectivity index (χ3n) is 12.8. The van der Waals surface area contributed by atoms with Crippen LogP contribution in [0.1, 0.15) is 97.3 Å². The van der Waals surface area contributed by atoms with Crippen molar-refractivity contribution >= 4 is 96.3 Å². The molecule has 0 radical (unpaired) electrons. The number of rotatable bonds is 30. The van der Waals surface area contributed by atoms with Gasteiger partial charge in [-0.2, -0.15) is 25.3 Å². The lowest BCUT2D eigenvalue weighted by Crippen LogP contribution is -2.60. The van der Waals surface area contributed by atoms with Crippen LogP contribution in [0.3, 0.4) is 0 Å². The molecule has 29 heteroatoms. The van der Waals surface area contributed by atoms with Gasteiger partial charge in [-0.25, -0.2) is 4.79 Å². The van der Waals surface area contributed by atoms with Crippen molar-refractivity contribution in [2.24, 2.45) is 39.6 Å². The zero-order chi connectivity index (χ0) is 55.2. The van der Waals surface area contributed by atoms with Crippen molar-refractivity contribution in [2.45, 2.75) is 152 Å². The summed E-state index contributed by atoms with van der Waals surface area (Å²) in [6.07, 6.45) is 2.86. The lowest BCUT2D eigenvalue weighted by Gasteiger charge is -2.34. The van der Waals surface area contributed by atoms with Gasteiger partial charge in [0.25, 0.3) is 0 Å². The van der Waals surface area contributed by atoms with E-state index in [0.29, 0.717) is 38.6 Å². The summed E-state index contributed by atoms with van der Waals surface area (Å²) in [5, 5.41) is 24.8. The molecular weight excluding hydrogens is 1010 g/mol. The van der Waals surface area contributed by atoms with Gasteiger partial charge < -0.3 is 80.4 Å². The average Bonchev–Trinajstić information content (AvgIpc) is 4.16. The van der Waals surface area contributed by atoms with Crippen LogP contribution >= 0.6 is 25.3 Å². The summed E-state index contributed by atoms with van der Waals surface area (Å²) >= 11 is 8.29. The Labute approximate surface area is 441 Å². The Balaban J connectivity index is 1.77. The number of nitrogens with zero attached hydrogens (tertiary/aromatic N) is 4. The summed E-state index contributed by atoms with van der Waals surface area (Å²) in [5.41, 5.74) is 27.4. The smallest absolute Gasteiger partial charge is 0.327 e. The Bertz CT molecular complexity index is 2050. The average molecular weight is 1080 g/mol. The van der Waals surface area contributed by atoms with E-state index in [-0.39, 0.29) is 101 Å². The normalized spacial score (nSPS) is 19.8. The largest absolute Gasteiger partial charge is 0.480 e. The van der Waals surface area contributed by atoms with Gasteiger partial charge in [0.15, 0.2) is 5.96 Å². The molecule has 74 heavy (non-hydrogen) atoms. The molecule has 3 saturated heterocycles. The van der Waals surface area contributed by atoms with Gasteiger partial charge in [0.2, 0.25) is 59.1 Å². The molecule has 3 rings (SSSR count). The number of hydrogen-bond donors (Lipinski definition) is 14. The highest BCUT2D eigenvalue weighted by Gasteiger charge is 2.45. The highest BCUT2D eigenvalue weighted by molar-refractivity contribution is 7.80. The molecule has 0 saturated carbocycles. The van der Waals surface area contributed by atoms with E-state index in [1.807, 2.05) is 13.8 Å².